The smallest absolute Gasteiger partial charge is 0.141 e. The van der Waals surface area contributed by atoms with Crippen molar-refractivity contribution in [1.82, 2.24) is 10.4 Å². The van der Waals surface area contributed by atoms with Crippen molar-refractivity contribution in [3.05, 3.63) is 29.8 Å². The lowest BCUT2D eigenvalue weighted by molar-refractivity contribution is 0.472. The third kappa shape index (κ3) is 6.64. The molecule has 0 fully saturated rings. The van der Waals surface area contributed by atoms with Crippen LogP contribution in [0.15, 0.2) is 18.5 Å². The Labute approximate surface area is 115 Å². The van der Waals surface area contributed by atoms with E-state index in [0.29, 0.717) is 0 Å². The Morgan fingerprint density at radius 1 is 1.16 bits per heavy atom. The third-order valence-corrected chi connectivity index (χ3v) is 3.43. The number of nitrogens with two attached hydrogens (primary N) is 1. The average Bonchev–Trinajstić information content (AvgIpc) is 2.42. The average molecular weight is 267 g/mol. The molecule has 1 aromatic rings. The Balaban J connectivity index is 2.22. The van der Waals surface area contributed by atoms with Gasteiger partial charge in [0.2, 0.25) is 0 Å². The Morgan fingerprint density at radius 3 is 2.47 bits per heavy atom. The summed E-state index contributed by atoms with van der Waals surface area (Å²) in [4.78, 5) is 3.86. The first-order valence-corrected chi connectivity index (χ1v) is 7.34. The predicted molar refractivity (Wildman–Crippen MR) is 76.9 cm³/mol. The summed E-state index contributed by atoms with van der Waals surface area (Å²) >= 11 is 0. The standard InChI is InChI=1S/C15H26FN3/c1-2-3-4-5-6-7-8-9-15(19-17)13-10-14(16)12-18-11-13/h10-12,15,19H,2-9,17H2,1H3. The van der Waals surface area contributed by atoms with Gasteiger partial charge in [0.1, 0.15) is 5.82 Å². The zero-order valence-electron chi connectivity index (χ0n) is 11.9. The highest BCUT2D eigenvalue weighted by molar-refractivity contribution is 5.14. The first kappa shape index (κ1) is 16.1. The highest BCUT2D eigenvalue weighted by atomic mass is 19.1. The van der Waals surface area contributed by atoms with Crippen molar-refractivity contribution in [2.45, 2.75) is 64.3 Å². The number of hydrogen-bond acceptors (Lipinski definition) is 3. The number of nitrogens with one attached hydrogen (secondary N) is 1. The summed E-state index contributed by atoms with van der Waals surface area (Å²) in [6, 6.07) is 1.50. The highest BCUT2D eigenvalue weighted by Crippen LogP contribution is 2.19. The summed E-state index contributed by atoms with van der Waals surface area (Å²) < 4.78 is 13.1. The first-order chi connectivity index (χ1) is 9.27. The molecule has 0 saturated carbocycles. The molecule has 0 aromatic carbocycles. The van der Waals surface area contributed by atoms with Crippen LogP contribution in [0.5, 0.6) is 0 Å². The van der Waals surface area contributed by atoms with Crippen molar-refractivity contribution < 1.29 is 4.39 Å². The van der Waals surface area contributed by atoms with Crippen LogP contribution in [-0.2, 0) is 0 Å². The van der Waals surface area contributed by atoms with Crippen molar-refractivity contribution in [3.8, 4) is 0 Å². The van der Waals surface area contributed by atoms with Gasteiger partial charge in [-0.2, -0.15) is 0 Å². The summed E-state index contributed by atoms with van der Waals surface area (Å²) in [5.41, 5.74) is 3.58. The molecule has 108 valence electrons. The van der Waals surface area contributed by atoms with Crippen LogP contribution in [0.4, 0.5) is 4.39 Å². The molecule has 1 heterocycles. The molecule has 0 aliphatic carbocycles. The van der Waals surface area contributed by atoms with Gasteiger partial charge in [0.25, 0.3) is 0 Å². The number of pyridine rings is 1. The second-order valence-corrected chi connectivity index (χ2v) is 5.07. The molecule has 0 radical (unpaired) electrons. The largest absolute Gasteiger partial charge is 0.271 e. The summed E-state index contributed by atoms with van der Waals surface area (Å²) in [6.45, 7) is 2.23. The summed E-state index contributed by atoms with van der Waals surface area (Å²) in [7, 11) is 0. The Hall–Kier alpha value is -1.00. The van der Waals surface area contributed by atoms with E-state index >= 15 is 0 Å². The molecule has 0 saturated heterocycles. The molecule has 1 atom stereocenters. The van der Waals surface area contributed by atoms with E-state index in [1.165, 1.54) is 50.8 Å². The molecular formula is C15H26FN3. The molecule has 0 amide bonds. The molecule has 0 spiro atoms. The number of hydrogen-bond donors (Lipinski definition) is 2. The number of aromatic nitrogens is 1. The predicted octanol–water partition coefficient (Wildman–Crippen LogP) is 3.87. The fourth-order valence-corrected chi connectivity index (χ4v) is 2.27. The van der Waals surface area contributed by atoms with E-state index < -0.39 is 0 Å². The van der Waals surface area contributed by atoms with Crippen molar-refractivity contribution in [2.75, 3.05) is 0 Å². The van der Waals surface area contributed by atoms with Crippen molar-refractivity contribution in [2.24, 2.45) is 5.84 Å². The maximum absolute atomic E-state index is 13.1. The van der Waals surface area contributed by atoms with Gasteiger partial charge in [-0.15, -0.1) is 0 Å². The summed E-state index contributed by atoms with van der Waals surface area (Å²) in [5, 5.41) is 0. The quantitative estimate of drug-likeness (QED) is 0.384. The van der Waals surface area contributed by atoms with E-state index in [4.69, 9.17) is 5.84 Å². The van der Waals surface area contributed by atoms with Crippen LogP contribution in [0, 0.1) is 5.82 Å². The minimum Gasteiger partial charge on any atom is -0.271 e. The van der Waals surface area contributed by atoms with Gasteiger partial charge in [-0.25, -0.2) is 4.39 Å². The monoisotopic (exact) mass is 267 g/mol. The van der Waals surface area contributed by atoms with E-state index in [1.54, 1.807) is 6.20 Å². The van der Waals surface area contributed by atoms with Crippen molar-refractivity contribution >= 4 is 0 Å². The summed E-state index contributed by atoms with van der Waals surface area (Å²) in [6.07, 6.45) is 12.7. The maximum Gasteiger partial charge on any atom is 0.141 e. The number of halogens is 1. The van der Waals surface area contributed by atoms with E-state index in [0.717, 1.165) is 18.4 Å². The molecule has 1 rings (SSSR count). The minimum absolute atomic E-state index is 0.00107. The zero-order valence-corrected chi connectivity index (χ0v) is 11.9. The molecule has 3 N–H and O–H groups in total. The van der Waals surface area contributed by atoms with Crippen LogP contribution in [-0.4, -0.2) is 4.98 Å². The topological polar surface area (TPSA) is 50.9 Å². The molecule has 1 aromatic heterocycles. The maximum atomic E-state index is 13.1. The fourth-order valence-electron chi connectivity index (χ4n) is 2.27. The van der Waals surface area contributed by atoms with Crippen LogP contribution < -0.4 is 11.3 Å². The minimum atomic E-state index is -0.308. The van der Waals surface area contributed by atoms with Crippen LogP contribution >= 0.6 is 0 Å². The van der Waals surface area contributed by atoms with Gasteiger partial charge in [-0.3, -0.25) is 16.3 Å². The lowest BCUT2D eigenvalue weighted by atomic mass is 10.0. The van der Waals surface area contributed by atoms with Gasteiger partial charge in [0.15, 0.2) is 0 Å². The molecule has 4 heteroatoms. The van der Waals surface area contributed by atoms with Crippen LogP contribution in [0.1, 0.15) is 69.9 Å². The zero-order chi connectivity index (χ0) is 13.9. The van der Waals surface area contributed by atoms with Crippen LogP contribution in [0.3, 0.4) is 0 Å². The van der Waals surface area contributed by atoms with Crippen LogP contribution in [0.25, 0.3) is 0 Å². The molecule has 0 aliphatic heterocycles. The summed E-state index contributed by atoms with van der Waals surface area (Å²) in [5.74, 6) is 5.23. The Kier molecular flexibility index (Phi) is 8.34. The Morgan fingerprint density at radius 2 is 1.84 bits per heavy atom. The molecule has 0 bridgehead atoms. The van der Waals surface area contributed by atoms with Gasteiger partial charge >= 0.3 is 0 Å². The van der Waals surface area contributed by atoms with E-state index in [9.17, 15) is 4.39 Å². The van der Waals surface area contributed by atoms with Gasteiger partial charge in [-0.05, 0) is 18.1 Å². The van der Waals surface area contributed by atoms with Gasteiger partial charge < -0.3 is 0 Å². The van der Waals surface area contributed by atoms with Gasteiger partial charge in [-0.1, -0.05) is 51.9 Å². The SMILES string of the molecule is CCCCCCCCCC(NN)c1cncc(F)c1. The molecule has 1 unspecified atom stereocenters. The van der Waals surface area contributed by atoms with E-state index in [2.05, 4.69) is 17.3 Å². The van der Waals surface area contributed by atoms with Gasteiger partial charge in [0, 0.05) is 12.2 Å². The highest BCUT2D eigenvalue weighted by Gasteiger charge is 2.10. The Bertz CT molecular complexity index is 344. The normalized spacial score (nSPS) is 12.6. The number of nitrogens with zero attached hydrogens (tertiary/aromatic N) is 1. The lowest BCUT2D eigenvalue weighted by Crippen LogP contribution is -2.28. The van der Waals surface area contributed by atoms with Crippen LogP contribution in [0.2, 0.25) is 0 Å². The van der Waals surface area contributed by atoms with Gasteiger partial charge in [0.05, 0.1) is 6.20 Å². The molecule has 19 heavy (non-hydrogen) atoms. The fraction of sp³-hybridized carbons (Fsp3) is 0.667. The lowest BCUT2D eigenvalue weighted by Gasteiger charge is -2.15. The van der Waals surface area contributed by atoms with E-state index in [-0.39, 0.29) is 11.9 Å². The third-order valence-electron chi connectivity index (χ3n) is 3.43. The number of rotatable bonds is 10. The van der Waals surface area contributed by atoms with E-state index in [1.807, 2.05) is 0 Å². The molecule has 3 nitrogen and oxygen atoms in total. The molecular weight excluding hydrogens is 241 g/mol. The second-order valence-electron chi connectivity index (χ2n) is 5.07. The second kappa shape index (κ2) is 9.87. The number of hydrazine groups is 1. The van der Waals surface area contributed by atoms with Crippen molar-refractivity contribution in [1.29, 1.82) is 0 Å². The first-order valence-electron chi connectivity index (χ1n) is 7.34. The number of unbranched alkanes of at least 4 members (excludes halogenated alkanes) is 6. The molecule has 0 aliphatic rings. The van der Waals surface area contributed by atoms with Crippen molar-refractivity contribution in [3.63, 3.8) is 0 Å².